The van der Waals surface area contributed by atoms with Crippen LogP contribution in [0.3, 0.4) is 0 Å². The molecule has 1 heterocycles. The zero-order valence-corrected chi connectivity index (χ0v) is 9.44. The second-order valence-electron chi connectivity index (χ2n) is 4.59. The van der Waals surface area contributed by atoms with Crippen molar-refractivity contribution in [1.29, 1.82) is 0 Å². The van der Waals surface area contributed by atoms with Crippen LogP contribution >= 0.6 is 0 Å². The standard InChI is InChI=1S/C12H12F3NO2/c13-12(14,15)11(3-4-11)9(6-10(17)18)8-2-1-5-16-7-8/h1-2,5,7,9H,3-4,6H2,(H,17,18)/t9-/m1/s1. The first-order valence-corrected chi connectivity index (χ1v) is 5.55. The van der Waals surface area contributed by atoms with Gasteiger partial charge in [-0.15, -0.1) is 0 Å². The highest BCUT2D eigenvalue weighted by atomic mass is 19.4. The maximum atomic E-state index is 13.1. The van der Waals surface area contributed by atoms with Gasteiger partial charge in [0.1, 0.15) is 0 Å². The monoisotopic (exact) mass is 259 g/mol. The number of hydrogen-bond acceptors (Lipinski definition) is 2. The van der Waals surface area contributed by atoms with Crippen molar-refractivity contribution < 1.29 is 23.1 Å². The number of halogens is 3. The summed E-state index contributed by atoms with van der Waals surface area (Å²) in [5.74, 6) is -2.27. The SMILES string of the molecule is O=C(O)C[C@H](c1cccnc1)C1(C(F)(F)F)CC1. The summed E-state index contributed by atoms with van der Waals surface area (Å²) >= 11 is 0. The zero-order chi connectivity index (χ0) is 13.4. The Morgan fingerprint density at radius 2 is 2.17 bits per heavy atom. The highest BCUT2D eigenvalue weighted by Crippen LogP contribution is 2.66. The van der Waals surface area contributed by atoms with E-state index in [4.69, 9.17) is 5.11 Å². The van der Waals surface area contributed by atoms with Crippen molar-refractivity contribution >= 4 is 5.97 Å². The Hall–Kier alpha value is -1.59. The lowest BCUT2D eigenvalue weighted by atomic mass is 9.81. The molecule has 2 rings (SSSR count). The van der Waals surface area contributed by atoms with Crippen LogP contribution in [-0.4, -0.2) is 22.2 Å². The van der Waals surface area contributed by atoms with Crippen LogP contribution in [0.2, 0.25) is 0 Å². The minimum atomic E-state index is -4.37. The molecule has 0 aromatic carbocycles. The number of aliphatic carboxylic acids is 1. The number of carboxylic acids is 1. The van der Waals surface area contributed by atoms with Crippen molar-refractivity contribution in [1.82, 2.24) is 4.98 Å². The smallest absolute Gasteiger partial charge is 0.395 e. The highest BCUT2D eigenvalue weighted by Gasteiger charge is 2.67. The second-order valence-corrected chi connectivity index (χ2v) is 4.59. The third-order valence-corrected chi connectivity index (χ3v) is 3.49. The lowest BCUT2D eigenvalue weighted by Gasteiger charge is -2.28. The average molecular weight is 259 g/mol. The summed E-state index contributed by atoms with van der Waals surface area (Å²) in [6.45, 7) is 0. The molecule has 1 atom stereocenters. The van der Waals surface area contributed by atoms with Crippen LogP contribution in [0.25, 0.3) is 0 Å². The third kappa shape index (κ3) is 2.19. The molecule has 18 heavy (non-hydrogen) atoms. The second kappa shape index (κ2) is 4.26. The Balaban J connectivity index is 2.36. The Labute approximate surface area is 102 Å². The number of rotatable bonds is 4. The fourth-order valence-corrected chi connectivity index (χ4v) is 2.35. The summed E-state index contributed by atoms with van der Waals surface area (Å²) < 4.78 is 39.2. The van der Waals surface area contributed by atoms with Crippen molar-refractivity contribution in [2.75, 3.05) is 0 Å². The van der Waals surface area contributed by atoms with Crippen molar-refractivity contribution in [3.05, 3.63) is 30.1 Å². The molecule has 98 valence electrons. The number of aromatic nitrogens is 1. The molecular formula is C12H12F3NO2. The van der Waals surface area contributed by atoms with Gasteiger partial charge in [0.15, 0.2) is 0 Å². The molecule has 0 saturated heterocycles. The molecule has 1 aliphatic carbocycles. The summed E-state index contributed by atoms with van der Waals surface area (Å²) in [7, 11) is 0. The fraction of sp³-hybridized carbons (Fsp3) is 0.500. The van der Waals surface area contributed by atoms with E-state index in [1.807, 2.05) is 0 Å². The minimum Gasteiger partial charge on any atom is -0.481 e. The van der Waals surface area contributed by atoms with E-state index in [1.165, 1.54) is 24.5 Å². The van der Waals surface area contributed by atoms with Crippen molar-refractivity contribution in [2.24, 2.45) is 5.41 Å². The first kappa shape index (κ1) is 12.9. The molecule has 0 spiro atoms. The molecular weight excluding hydrogens is 247 g/mol. The van der Waals surface area contributed by atoms with Crippen LogP contribution in [0.1, 0.15) is 30.7 Å². The summed E-state index contributed by atoms with van der Waals surface area (Å²) in [6.07, 6.45) is -2.14. The molecule has 1 aromatic heterocycles. The molecule has 1 saturated carbocycles. The lowest BCUT2D eigenvalue weighted by molar-refractivity contribution is -0.195. The van der Waals surface area contributed by atoms with Crippen LogP contribution in [0.5, 0.6) is 0 Å². The molecule has 1 N–H and O–H groups in total. The number of pyridine rings is 1. The molecule has 0 bridgehead atoms. The van der Waals surface area contributed by atoms with Gasteiger partial charge in [0, 0.05) is 18.3 Å². The van der Waals surface area contributed by atoms with E-state index in [0.29, 0.717) is 5.56 Å². The summed E-state index contributed by atoms with van der Waals surface area (Å²) in [5, 5.41) is 8.81. The fourth-order valence-electron chi connectivity index (χ4n) is 2.35. The van der Waals surface area contributed by atoms with Gasteiger partial charge >= 0.3 is 12.1 Å². The zero-order valence-electron chi connectivity index (χ0n) is 9.44. The van der Waals surface area contributed by atoms with Crippen LogP contribution in [-0.2, 0) is 4.79 Å². The molecule has 3 nitrogen and oxygen atoms in total. The lowest BCUT2D eigenvalue weighted by Crippen LogP contribution is -2.32. The number of alkyl halides is 3. The topological polar surface area (TPSA) is 50.2 Å². The Bertz CT molecular complexity index is 440. The predicted molar refractivity (Wildman–Crippen MR) is 57.0 cm³/mol. The van der Waals surface area contributed by atoms with E-state index in [1.54, 1.807) is 0 Å². The van der Waals surface area contributed by atoms with Gasteiger partial charge in [0.05, 0.1) is 11.8 Å². The normalized spacial score (nSPS) is 19.3. The van der Waals surface area contributed by atoms with Gasteiger partial charge < -0.3 is 5.11 Å². The molecule has 6 heteroatoms. The van der Waals surface area contributed by atoms with Gasteiger partial charge in [-0.1, -0.05) is 6.07 Å². The van der Waals surface area contributed by atoms with Crippen LogP contribution in [0.15, 0.2) is 24.5 Å². The number of carboxylic acid groups (broad SMARTS) is 1. The number of nitrogens with zero attached hydrogens (tertiary/aromatic N) is 1. The first-order chi connectivity index (χ1) is 8.37. The van der Waals surface area contributed by atoms with Gasteiger partial charge in [0.2, 0.25) is 0 Å². The van der Waals surface area contributed by atoms with Gasteiger partial charge in [0.25, 0.3) is 0 Å². The van der Waals surface area contributed by atoms with E-state index in [2.05, 4.69) is 4.98 Å². The maximum Gasteiger partial charge on any atom is 0.395 e. The van der Waals surface area contributed by atoms with Crippen molar-refractivity contribution in [2.45, 2.75) is 31.4 Å². The predicted octanol–water partition coefficient (Wildman–Crippen LogP) is 2.98. The Kier molecular flexibility index (Phi) is 3.04. The van der Waals surface area contributed by atoms with E-state index >= 15 is 0 Å². The molecule has 0 aliphatic heterocycles. The highest BCUT2D eigenvalue weighted by molar-refractivity contribution is 5.68. The van der Waals surface area contributed by atoms with E-state index in [-0.39, 0.29) is 12.8 Å². The van der Waals surface area contributed by atoms with Crippen LogP contribution in [0, 0.1) is 5.41 Å². The van der Waals surface area contributed by atoms with Crippen LogP contribution in [0.4, 0.5) is 13.2 Å². The molecule has 0 radical (unpaired) electrons. The van der Waals surface area contributed by atoms with Gasteiger partial charge in [-0.25, -0.2) is 0 Å². The maximum absolute atomic E-state index is 13.1. The minimum absolute atomic E-state index is 0.0106. The quantitative estimate of drug-likeness (QED) is 0.904. The number of hydrogen-bond donors (Lipinski definition) is 1. The molecule has 0 amide bonds. The molecule has 1 aromatic rings. The van der Waals surface area contributed by atoms with Crippen molar-refractivity contribution in [3.8, 4) is 0 Å². The van der Waals surface area contributed by atoms with Crippen molar-refractivity contribution in [3.63, 3.8) is 0 Å². The van der Waals surface area contributed by atoms with Gasteiger partial charge in [-0.2, -0.15) is 13.2 Å². The van der Waals surface area contributed by atoms with Crippen LogP contribution < -0.4 is 0 Å². The summed E-state index contributed by atoms with van der Waals surface area (Å²) in [5.41, 5.74) is -1.54. The van der Waals surface area contributed by atoms with E-state index < -0.39 is 29.9 Å². The Morgan fingerprint density at radius 1 is 1.50 bits per heavy atom. The first-order valence-electron chi connectivity index (χ1n) is 5.55. The van der Waals surface area contributed by atoms with E-state index in [9.17, 15) is 18.0 Å². The third-order valence-electron chi connectivity index (χ3n) is 3.49. The van der Waals surface area contributed by atoms with E-state index in [0.717, 1.165) is 0 Å². The summed E-state index contributed by atoms with van der Waals surface area (Å²) in [4.78, 5) is 14.6. The molecule has 1 aliphatic rings. The largest absolute Gasteiger partial charge is 0.481 e. The molecule has 0 unspecified atom stereocenters. The Morgan fingerprint density at radius 3 is 2.56 bits per heavy atom. The summed E-state index contributed by atoms with van der Waals surface area (Å²) in [6, 6.07) is 3.03. The molecule has 1 fully saturated rings. The average Bonchev–Trinajstić information content (AvgIpc) is 3.07. The van der Waals surface area contributed by atoms with Gasteiger partial charge in [-0.3, -0.25) is 9.78 Å². The van der Waals surface area contributed by atoms with Gasteiger partial charge in [-0.05, 0) is 24.5 Å². The number of carbonyl (C=O) groups is 1.